The number of anilines is 1. The largest absolute Gasteiger partial charge is 0.490 e. The number of aromatic nitrogens is 3. The summed E-state index contributed by atoms with van der Waals surface area (Å²) in [6, 6.07) is 4.19. The Hall–Kier alpha value is -3.40. The SMILES string of the molecule is COCCN1CCN(Cc2cnn(C)c2)Cc2cccnc21.O=C(O)C(F)(F)F.O=C(O)C(F)(F)F. The number of carboxylic acids is 2. The van der Waals surface area contributed by atoms with Crippen LogP contribution in [0.5, 0.6) is 0 Å². The van der Waals surface area contributed by atoms with Crippen LogP contribution in [0.25, 0.3) is 0 Å². The number of aliphatic carboxylic acids is 2. The molecule has 1 aliphatic heterocycles. The van der Waals surface area contributed by atoms with Crippen LogP contribution in [0.3, 0.4) is 0 Å². The van der Waals surface area contributed by atoms with Gasteiger partial charge in [0.25, 0.3) is 0 Å². The lowest BCUT2D eigenvalue weighted by Gasteiger charge is -2.23. The Kier molecular flexibility index (Phi) is 11.6. The molecule has 0 saturated carbocycles. The number of aryl methyl sites for hydroxylation is 1. The Balaban J connectivity index is 0.000000383. The molecule has 2 aromatic rings. The van der Waals surface area contributed by atoms with Gasteiger partial charge < -0.3 is 19.8 Å². The van der Waals surface area contributed by atoms with E-state index in [0.717, 1.165) is 45.1 Å². The lowest BCUT2D eigenvalue weighted by molar-refractivity contribution is -0.193. The van der Waals surface area contributed by atoms with Gasteiger partial charge in [-0.2, -0.15) is 31.4 Å². The summed E-state index contributed by atoms with van der Waals surface area (Å²) in [4.78, 5) is 27.1. The first kappa shape index (κ1) is 30.6. The first-order chi connectivity index (χ1) is 16.6. The number of carbonyl (C=O) groups is 2. The molecule has 0 bridgehead atoms. The van der Waals surface area contributed by atoms with Gasteiger partial charge in [-0.1, -0.05) is 6.07 Å². The van der Waals surface area contributed by atoms with Gasteiger partial charge in [-0.15, -0.1) is 0 Å². The first-order valence-electron chi connectivity index (χ1n) is 10.1. The number of pyridine rings is 1. The Morgan fingerprint density at radius 3 is 2.14 bits per heavy atom. The third-order valence-electron chi connectivity index (χ3n) is 4.46. The van der Waals surface area contributed by atoms with Crippen molar-refractivity contribution in [3.63, 3.8) is 0 Å². The van der Waals surface area contributed by atoms with Crippen LogP contribution in [-0.2, 0) is 34.5 Å². The number of hydrogen-bond donors (Lipinski definition) is 2. The zero-order valence-electron chi connectivity index (χ0n) is 19.3. The summed E-state index contributed by atoms with van der Waals surface area (Å²) in [6.07, 6.45) is -4.27. The maximum absolute atomic E-state index is 10.6. The van der Waals surface area contributed by atoms with Crippen LogP contribution < -0.4 is 4.90 Å². The summed E-state index contributed by atoms with van der Waals surface area (Å²) in [6.45, 7) is 5.41. The van der Waals surface area contributed by atoms with Gasteiger partial charge >= 0.3 is 24.3 Å². The molecule has 3 rings (SSSR count). The minimum Gasteiger partial charge on any atom is -0.475 e. The van der Waals surface area contributed by atoms with Gasteiger partial charge in [0, 0.05) is 70.4 Å². The quantitative estimate of drug-likeness (QED) is 0.563. The maximum Gasteiger partial charge on any atom is 0.490 e. The number of halogens is 6. The number of alkyl halides is 6. The molecule has 202 valence electrons. The predicted molar refractivity (Wildman–Crippen MR) is 113 cm³/mol. The zero-order valence-corrected chi connectivity index (χ0v) is 19.3. The van der Waals surface area contributed by atoms with E-state index in [1.165, 1.54) is 11.1 Å². The monoisotopic (exact) mass is 529 g/mol. The summed E-state index contributed by atoms with van der Waals surface area (Å²) >= 11 is 0. The minimum absolute atomic E-state index is 0.721. The highest BCUT2D eigenvalue weighted by Crippen LogP contribution is 2.23. The summed E-state index contributed by atoms with van der Waals surface area (Å²) in [5.41, 5.74) is 2.53. The molecule has 36 heavy (non-hydrogen) atoms. The zero-order chi connectivity index (χ0) is 27.5. The van der Waals surface area contributed by atoms with E-state index in [1.54, 1.807) is 7.11 Å². The third-order valence-corrected chi connectivity index (χ3v) is 4.46. The van der Waals surface area contributed by atoms with Gasteiger partial charge in [-0.3, -0.25) is 9.58 Å². The van der Waals surface area contributed by atoms with Crippen LogP contribution in [-0.4, -0.2) is 87.5 Å². The van der Waals surface area contributed by atoms with Gasteiger partial charge in [0.05, 0.1) is 12.8 Å². The molecular formula is C20H25F6N5O5. The maximum atomic E-state index is 10.6. The topological polar surface area (TPSA) is 121 Å². The highest BCUT2D eigenvalue weighted by atomic mass is 19.4. The molecular weight excluding hydrogens is 504 g/mol. The molecule has 0 amide bonds. The first-order valence-corrected chi connectivity index (χ1v) is 10.1. The average molecular weight is 529 g/mol. The molecule has 3 heterocycles. The highest BCUT2D eigenvalue weighted by molar-refractivity contribution is 5.73. The molecule has 16 heteroatoms. The lowest BCUT2D eigenvalue weighted by atomic mass is 10.2. The van der Waals surface area contributed by atoms with E-state index >= 15 is 0 Å². The van der Waals surface area contributed by atoms with E-state index in [2.05, 4.69) is 32.1 Å². The second-order valence-electron chi connectivity index (χ2n) is 7.30. The van der Waals surface area contributed by atoms with Crippen molar-refractivity contribution < 1.29 is 50.9 Å². The van der Waals surface area contributed by atoms with Crippen LogP contribution >= 0.6 is 0 Å². The Morgan fingerprint density at radius 1 is 1.08 bits per heavy atom. The van der Waals surface area contributed by atoms with Crippen LogP contribution in [0.15, 0.2) is 30.7 Å². The second kappa shape index (κ2) is 13.6. The third kappa shape index (κ3) is 10.9. The van der Waals surface area contributed by atoms with Gasteiger partial charge in [-0.05, 0) is 6.07 Å². The van der Waals surface area contributed by atoms with E-state index in [1.807, 2.05) is 30.2 Å². The molecule has 2 N–H and O–H groups in total. The summed E-state index contributed by atoms with van der Waals surface area (Å²) in [5, 5.41) is 18.5. The molecule has 0 radical (unpaired) electrons. The van der Waals surface area contributed by atoms with Gasteiger partial charge in [0.15, 0.2) is 0 Å². The fourth-order valence-corrected chi connectivity index (χ4v) is 2.89. The average Bonchev–Trinajstić information content (AvgIpc) is 3.09. The van der Waals surface area contributed by atoms with Crippen molar-refractivity contribution >= 4 is 17.8 Å². The number of methoxy groups -OCH3 is 1. The van der Waals surface area contributed by atoms with Crippen LogP contribution in [0.2, 0.25) is 0 Å². The molecule has 1 aliphatic rings. The summed E-state index contributed by atoms with van der Waals surface area (Å²) in [7, 11) is 3.70. The van der Waals surface area contributed by atoms with Crippen molar-refractivity contribution in [2.24, 2.45) is 7.05 Å². The second-order valence-corrected chi connectivity index (χ2v) is 7.30. The molecule has 0 atom stereocenters. The van der Waals surface area contributed by atoms with Crippen LogP contribution in [0.4, 0.5) is 32.2 Å². The van der Waals surface area contributed by atoms with Crippen molar-refractivity contribution in [3.8, 4) is 0 Å². The fraction of sp³-hybridized carbons (Fsp3) is 0.500. The number of carboxylic acid groups (broad SMARTS) is 2. The molecule has 0 aromatic carbocycles. The fourth-order valence-electron chi connectivity index (χ4n) is 2.89. The number of fused-ring (bicyclic) bond motifs is 1. The van der Waals surface area contributed by atoms with Crippen molar-refractivity contribution in [3.05, 3.63) is 41.9 Å². The van der Waals surface area contributed by atoms with E-state index in [0.29, 0.717) is 0 Å². The van der Waals surface area contributed by atoms with Crippen molar-refractivity contribution in [2.45, 2.75) is 25.4 Å². The number of nitrogens with zero attached hydrogens (tertiary/aromatic N) is 5. The molecule has 2 aromatic heterocycles. The van der Waals surface area contributed by atoms with E-state index in [9.17, 15) is 26.3 Å². The minimum atomic E-state index is -5.08. The van der Waals surface area contributed by atoms with Crippen molar-refractivity contribution in [2.75, 3.05) is 38.3 Å². The molecule has 0 fully saturated rings. The van der Waals surface area contributed by atoms with E-state index in [-0.39, 0.29) is 0 Å². The van der Waals surface area contributed by atoms with Gasteiger partial charge in [0.2, 0.25) is 0 Å². The standard InChI is InChI=1S/C16H23N5O.2C2HF3O2/c1-19-11-14(10-18-19)12-20-6-7-21(8-9-22-2)16-15(13-20)4-3-5-17-16;2*3-2(4,5)1(6)7/h3-5,10-11H,6-9,12-13H2,1-2H3;2*(H,6,7). The van der Waals surface area contributed by atoms with Crippen LogP contribution in [0, 0.1) is 0 Å². The number of ether oxygens (including phenoxy) is 1. The highest BCUT2D eigenvalue weighted by Gasteiger charge is 2.38. The van der Waals surface area contributed by atoms with Gasteiger partial charge in [0.1, 0.15) is 5.82 Å². The molecule has 0 spiro atoms. The van der Waals surface area contributed by atoms with Gasteiger partial charge in [-0.25, -0.2) is 14.6 Å². The van der Waals surface area contributed by atoms with E-state index in [4.69, 9.17) is 24.5 Å². The Morgan fingerprint density at radius 2 is 1.67 bits per heavy atom. The van der Waals surface area contributed by atoms with Crippen LogP contribution in [0.1, 0.15) is 11.1 Å². The summed E-state index contributed by atoms with van der Waals surface area (Å²) < 4.78 is 70.6. The smallest absolute Gasteiger partial charge is 0.475 e. The predicted octanol–water partition coefficient (Wildman–Crippen LogP) is 2.55. The summed E-state index contributed by atoms with van der Waals surface area (Å²) in [5.74, 6) is -4.42. The lowest BCUT2D eigenvalue weighted by Crippen LogP contribution is -2.33. The van der Waals surface area contributed by atoms with E-state index < -0.39 is 24.3 Å². The number of hydrogen-bond acceptors (Lipinski definition) is 7. The molecule has 0 saturated heterocycles. The van der Waals surface area contributed by atoms with Crippen molar-refractivity contribution in [1.82, 2.24) is 19.7 Å². The number of rotatable bonds is 5. The Labute approximate surface area is 201 Å². The normalized spacial score (nSPS) is 13.9. The molecule has 10 nitrogen and oxygen atoms in total. The molecule has 0 unspecified atom stereocenters. The van der Waals surface area contributed by atoms with Crippen molar-refractivity contribution in [1.29, 1.82) is 0 Å². The molecule has 0 aliphatic carbocycles. The Bertz CT molecular complexity index is 958.